The largest absolute Gasteiger partial charge is 0.420 e. The Balaban J connectivity index is 5.12. The van der Waals surface area contributed by atoms with Crippen LogP contribution in [0.4, 0.5) is 0 Å². The maximum atomic E-state index is 5.98. The van der Waals surface area contributed by atoms with Gasteiger partial charge in [0, 0.05) is 7.11 Å². The van der Waals surface area contributed by atoms with E-state index in [4.69, 9.17) is 4.43 Å². The zero-order valence-corrected chi connectivity index (χ0v) is 19.8. The van der Waals surface area contributed by atoms with Crippen LogP contribution in [-0.4, -0.2) is 92.0 Å². The molecular weight excluding hydrogens is 326 g/mol. The Labute approximate surface area is 160 Å². The van der Waals surface area contributed by atoms with Crippen LogP contribution in [0.3, 0.4) is 0 Å². The highest BCUT2D eigenvalue weighted by Gasteiger charge is 2.37. The minimum atomic E-state index is -1.59. The summed E-state index contributed by atoms with van der Waals surface area (Å²) in [5, 5.41) is 0. The summed E-state index contributed by atoms with van der Waals surface area (Å²) in [6.45, 7) is 8.37. The van der Waals surface area contributed by atoms with Gasteiger partial charge in [0.25, 0.3) is 0 Å². The van der Waals surface area contributed by atoms with Gasteiger partial charge in [-0.1, -0.05) is 0 Å². The summed E-state index contributed by atoms with van der Waals surface area (Å²) in [6.07, 6.45) is 7.91. The molecule has 0 aromatic rings. The second-order valence-corrected chi connectivity index (χ2v) is 13.6. The van der Waals surface area contributed by atoms with E-state index in [9.17, 15) is 0 Å². The fourth-order valence-corrected chi connectivity index (χ4v) is 6.41. The van der Waals surface area contributed by atoms with Crippen LogP contribution in [0.2, 0.25) is 19.1 Å². The molecule has 0 aliphatic rings. The summed E-state index contributed by atoms with van der Waals surface area (Å²) in [6, 6.07) is 1.30. The van der Waals surface area contributed by atoms with E-state index in [2.05, 4.69) is 70.1 Å². The fraction of sp³-hybridized carbons (Fsp3) is 1.00. The second-order valence-electron chi connectivity index (χ2n) is 9.36. The molecule has 0 aliphatic heterocycles. The summed E-state index contributed by atoms with van der Waals surface area (Å²) in [4.78, 5) is 6.97. The molecule has 0 aromatic carbocycles. The lowest BCUT2D eigenvalue weighted by Gasteiger charge is -2.40. The highest BCUT2D eigenvalue weighted by Crippen LogP contribution is 2.43. The molecule has 0 rings (SSSR count). The molecule has 0 heterocycles. The Bertz CT molecular complexity index is 297. The van der Waals surface area contributed by atoms with Gasteiger partial charge in [0.15, 0.2) is 8.32 Å². The van der Waals surface area contributed by atoms with Gasteiger partial charge in [0.1, 0.15) is 0 Å². The van der Waals surface area contributed by atoms with Crippen molar-refractivity contribution in [2.75, 3.05) is 69.0 Å². The third-order valence-corrected chi connectivity index (χ3v) is 8.00. The zero-order valence-electron chi connectivity index (χ0n) is 18.8. The monoisotopic (exact) mass is 373 g/mol. The van der Waals surface area contributed by atoms with Gasteiger partial charge in [0.05, 0.1) is 0 Å². The van der Waals surface area contributed by atoms with Crippen molar-refractivity contribution in [1.29, 1.82) is 0 Å². The van der Waals surface area contributed by atoms with Crippen molar-refractivity contribution < 1.29 is 4.43 Å². The number of hydrogen-bond donors (Lipinski definition) is 0. The minimum absolute atomic E-state index is 0.452. The highest BCUT2D eigenvalue weighted by atomic mass is 28.4. The van der Waals surface area contributed by atoms with Crippen molar-refractivity contribution in [3.8, 4) is 0 Å². The van der Waals surface area contributed by atoms with Crippen molar-refractivity contribution in [2.24, 2.45) is 5.41 Å². The molecule has 0 radical (unpaired) electrons. The number of rotatable bonds is 15. The maximum absolute atomic E-state index is 5.98. The molecule has 5 heteroatoms. The summed E-state index contributed by atoms with van der Waals surface area (Å²) in [5.41, 5.74) is 0.452. The van der Waals surface area contributed by atoms with E-state index >= 15 is 0 Å². The first-order chi connectivity index (χ1) is 11.5. The molecule has 0 unspecified atom stereocenters. The minimum Gasteiger partial charge on any atom is -0.420 e. The highest BCUT2D eigenvalue weighted by molar-refractivity contribution is 6.71. The Morgan fingerprint density at radius 3 is 1.24 bits per heavy atom. The number of nitrogens with zero attached hydrogens (tertiary/aromatic N) is 3. The summed E-state index contributed by atoms with van der Waals surface area (Å²) >= 11 is 0. The molecule has 0 fully saturated rings. The number of hydrogen-bond acceptors (Lipinski definition) is 4. The molecule has 0 amide bonds. The molecule has 0 saturated carbocycles. The van der Waals surface area contributed by atoms with Crippen LogP contribution in [-0.2, 0) is 4.43 Å². The molecule has 0 aromatic heterocycles. The predicted molar refractivity (Wildman–Crippen MR) is 115 cm³/mol. The molecule has 0 atom stereocenters. The Kier molecular flexibility index (Phi) is 12.5. The van der Waals surface area contributed by atoms with Crippen LogP contribution in [0.1, 0.15) is 38.5 Å². The SMILES string of the molecule is CO[Si](C)(C)CC(CCCN(C)C)(CCCN(C)C)CCCN(C)C. The van der Waals surface area contributed by atoms with E-state index in [-0.39, 0.29) is 0 Å². The van der Waals surface area contributed by atoms with E-state index in [0.29, 0.717) is 5.41 Å². The first-order valence-corrected chi connectivity index (χ1v) is 13.1. The van der Waals surface area contributed by atoms with Gasteiger partial charge >= 0.3 is 0 Å². The van der Waals surface area contributed by atoms with Crippen LogP contribution in [0.25, 0.3) is 0 Å². The van der Waals surface area contributed by atoms with Gasteiger partial charge in [-0.2, -0.15) is 0 Å². The second kappa shape index (κ2) is 12.4. The predicted octanol–water partition coefficient (Wildman–Crippen LogP) is 3.85. The van der Waals surface area contributed by atoms with Gasteiger partial charge in [-0.25, -0.2) is 0 Å². The van der Waals surface area contributed by atoms with Crippen molar-refractivity contribution in [2.45, 2.75) is 57.7 Å². The van der Waals surface area contributed by atoms with E-state index in [0.717, 1.165) is 0 Å². The lowest BCUT2D eigenvalue weighted by atomic mass is 9.76. The third kappa shape index (κ3) is 13.0. The summed E-state index contributed by atoms with van der Waals surface area (Å²) in [5.74, 6) is 0. The molecule has 0 aliphatic carbocycles. The van der Waals surface area contributed by atoms with Crippen LogP contribution in [0.5, 0.6) is 0 Å². The molecule has 0 N–H and O–H groups in total. The summed E-state index contributed by atoms with van der Waals surface area (Å²) in [7, 11) is 13.5. The smallest absolute Gasteiger partial charge is 0.186 e. The lowest BCUT2D eigenvalue weighted by molar-refractivity contribution is 0.192. The average Bonchev–Trinajstić information content (AvgIpc) is 2.45. The van der Waals surface area contributed by atoms with Gasteiger partial charge in [0.2, 0.25) is 0 Å². The maximum Gasteiger partial charge on any atom is 0.186 e. The van der Waals surface area contributed by atoms with Gasteiger partial charge in [-0.05, 0) is 125 Å². The van der Waals surface area contributed by atoms with E-state index in [1.807, 2.05) is 7.11 Å². The van der Waals surface area contributed by atoms with Crippen molar-refractivity contribution >= 4 is 8.32 Å². The normalized spacial score (nSPS) is 13.4. The molecular formula is C20H47N3OSi. The van der Waals surface area contributed by atoms with E-state index in [1.54, 1.807) is 0 Å². The Morgan fingerprint density at radius 1 is 0.680 bits per heavy atom. The topological polar surface area (TPSA) is 19.0 Å². The quantitative estimate of drug-likeness (QED) is 0.406. The standard InChI is InChI=1S/C20H47N3OSi/c1-21(2)16-10-13-20(14-11-17-22(3)4,15-12-18-23(5)6)19-25(8,9)24-7/h10-19H2,1-9H3. The first-order valence-electron chi connectivity index (χ1n) is 10.0. The molecule has 4 nitrogen and oxygen atoms in total. The summed E-state index contributed by atoms with van der Waals surface area (Å²) < 4.78 is 5.98. The van der Waals surface area contributed by atoms with Gasteiger partial charge < -0.3 is 19.1 Å². The lowest BCUT2D eigenvalue weighted by Crippen LogP contribution is -2.38. The van der Waals surface area contributed by atoms with Gasteiger partial charge in [-0.15, -0.1) is 0 Å². The van der Waals surface area contributed by atoms with Crippen LogP contribution >= 0.6 is 0 Å². The van der Waals surface area contributed by atoms with Gasteiger partial charge in [-0.3, -0.25) is 0 Å². The molecule has 152 valence electrons. The van der Waals surface area contributed by atoms with Crippen LogP contribution in [0, 0.1) is 5.41 Å². The van der Waals surface area contributed by atoms with Crippen molar-refractivity contribution in [3.63, 3.8) is 0 Å². The van der Waals surface area contributed by atoms with Crippen molar-refractivity contribution in [3.05, 3.63) is 0 Å². The molecule has 0 saturated heterocycles. The average molecular weight is 374 g/mol. The first kappa shape index (κ1) is 25.1. The molecule has 0 spiro atoms. The molecule has 0 bridgehead atoms. The van der Waals surface area contributed by atoms with Crippen LogP contribution in [0.15, 0.2) is 0 Å². The zero-order chi connectivity index (χ0) is 19.5. The van der Waals surface area contributed by atoms with E-state index in [1.165, 1.54) is 64.2 Å². The third-order valence-electron chi connectivity index (χ3n) is 5.29. The fourth-order valence-electron chi connectivity index (χ4n) is 3.93. The Morgan fingerprint density at radius 2 is 1.00 bits per heavy atom. The molecule has 25 heavy (non-hydrogen) atoms. The van der Waals surface area contributed by atoms with E-state index < -0.39 is 8.32 Å². The van der Waals surface area contributed by atoms with Crippen LogP contribution < -0.4 is 0 Å². The Hall–Kier alpha value is 0.0569. The van der Waals surface area contributed by atoms with Crippen molar-refractivity contribution in [1.82, 2.24) is 14.7 Å².